The zero-order valence-electron chi connectivity index (χ0n) is 19.6. The second-order valence-electron chi connectivity index (χ2n) is 8.49. The number of rotatable bonds is 11. The van der Waals surface area contributed by atoms with Crippen molar-refractivity contribution in [3.63, 3.8) is 0 Å². The summed E-state index contributed by atoms with van der Waals surface area (Å²) in [7, 11) is 0. The molecule has 0 saturated carbocycles. The van der Waals surface area contributed by atoms with Gasteiger partial charge in [0, 0.05) is 48.6 Å². The topological polar surface area (TPSA) is 106 Å². The fraction of sp³-hybridized carbons (Fsp3) is 0.400. The average molecular weight is 495 g/mol. The van der Waals surface area contributed by atoms with Crippen LogP contribution in [0.1, 0.15) is 32.1 Å². The van der Waals surface area contributed by atoms with E-state index in [0.717, 1.165) is 48.2 Å². The van der Waals surface area contributed by atoms with Gasteiger partial charge in [-0.1, -0.05) is 36.4 Å². The Labute approximate surface area is 209 Å². The molecule has 0 radical (unpaired) electrons. The maximum atomic E-state index is 12.2. The summed E-state index contributed by atoms with van der Waals surface area (Å²) in [4.78, 5) is 25.2. The van der Waals surface area contributed by atoms with Gasteiger partial charge >= 0.3 is 0 Å². The lowest BCUT2D eigenvalue weighted by Gasteiger charge is -2.26. The maximum absolute atomic E-state index is 12.2. The highest BCUT2D eigenvalue weighted by Crippen LogP contribution is 2.29. The third-order valence-electron chi connectivity index (χ3n) is 5.96. The largest absolute Gasteiger partial charge is 0.355 e. The Balaban J connectivity index is 1.34. The molecule has 1 saturated heterocycles. The molecule has 9 nitrogen and oxygen atoms in total. The summed E-state index contributed by atoms with van der Waals surface area (Å²) in [6.45, 7) is 3.89. The van der Waals surface area contributed by atoms with Crippen LogP contribution in [-0.2, 0) is 4.79 Å². The molecule has 2 aromatic carbocycles. The number of likely N-dealkylation sites (tertiary alicyclic amines) is 1. The molecule has 1 aliphatic rings. The van der Waals surface area contributed by atoms with E-state index in [-0.39, 0.29) is 11.6 Å². The van der Waals surface area contributed by atoms with Crippen molar-refractivity contribution in [2.45, 2.75) is 37.3 Å². The number of nitro benzene ring substituents is 1. The minimum atomic E-state index is -0.420. The predicted octanol–water partition coefficient (Wildman–Crippen LogP) is 4.32. The molecule has 1 fully saturated rings. The first-order valence-electron chi connectivity index (χ1n) is 12.0. The quantitative estimate of drug-likeness (QED) is 0.183. The minimum absolute atomic E-state index is 0.0309. The first-order chi connectivity index (χ1) is 17.1. The molecule has 1 amide bonds. The van der Waals surface area contributed by atoms with Crippen LogP contribution >= 0.6 is 11.8 Å². The van der Waals surface area contributed by atoms with E-state index in [1.165, 1.54) is 31.4 Å². The van der Waals surface area contributed by atoms with Gasteiger partial charge in [-0.25, -0.2) is 0 Å². The molecule has 10 heteroatoms. The van der Waals surface area contributed by atoms with Crippen LogP contribution in [0.2, 0.25) is 0 Å². The molecular weight excluding hydrogens is 464 g/mol. The summed E-state index contributed by atoms with van der Waals surface area (Å²) in [6, 6.07) is 16.1. The molecule has 3 aromatic rings. The van der Waals surface area contributed by atoms with Gasteiger partial charge in [-0.05, 0) is 56.6 Å². The number of carbonyl (C=O) groups is 1. The van der Waals surface area contributed by atoms with E-state index in [9.17, 15) is 14.9 Å². The van der Waals surface area contributed by atoms with Crippen molar-refractivity contribution in [3.8, 4) is 17.1 Å². The highest BCUT2D eigenvalue weighted by atomic mass is 32.2. The van der Waals surface area contributed by atoms with Gasteiger partial charge < -0.3 is 10.2 Å². The Morgan fingerprint density at radius 3 is 2.49 bits per heavy atom. The van der Waals surface area contributed by atoms with E-state index in [1.807, 2.05) is 34.9 Å². The van der Waals surface area contributed by atoms with Crippen molar-refractivity contribution in [1.82, 2.24) is 25.0 Å². The normalized spacial score (nSPS) is 14.1. The first-order valence-corrected chi connectivity index (χ1v) is 13.0. The van der Waals surface area contributed by atoms with Crippen molar-refractivity contribution in [2.24, 2.45) is 0 Å². The highest BCUT2D eigenvalue weighted by molar-refractivity contribution is 7.99. The Bertz CT molecular complexity index is 1110. The number of carbonyl (C=O) groups excluding carboxylic acids is 1. The fourth-order valence-electron chi connectivity index (χ4n) is 4.11. The molecule has 35 heavy (non-hydrogen) atoms. The third kappa shape index (κ3) is 6.89. The molecule has 1 N–H and O–H groups in total. The van der Waals surface area contributed by atoms with E-state index in [2.05, 4.69) is 20.4 Å². The number of benzene rings is 2. The van der Waals surface area contributed by atoms with Crippen LogP contribution in [0, 0.1) is 10.1 Å². The van der Waals surface area contributed by atoms with E-state index >= 15 is 0 Å². The number of aromatic nitrogens is 3. The minimum Gasteiger partial charge on any atom is -0.355 e. The lowest BCUT2D eigenvalue weighted by atomic mass is 10.1. The van der Waals surface area contributed by atoms with Gasteiger partial charge in [-0.15, -0.1) is 10.2 Å². The average Bonchev–Trinajstić information content (AvgIpc) is 3.32. The van der Waals surface area contributed by atoms with Gasteiger partial charge in [0.05, 0.1) is 4.92 Å². The molecular formula is C25H30N6O3S. The monoisotopic (exact) mass is 494 g/mol. The Kier molecular flexibility index (Phi) is 8.85. The van der Waals surface area contributed by atoms with E-state index in [4.69, 9.17) is 0 Å². The SMILES string of the molecule is O=C(CCCSc1nnc(-c2ccc([N+](=O)[O-])cc2)n1-c1ccccc1)NCCN1CCCCC1. The number of thioether (sulfide) groups is 1. The van der Waals surface area contributed by atoms with Gasteiger partial charge in [0.2, 0.25) is 5.91 Å². The Hall–Kier alpha value is -3.24. The summed E-state index contributed by atoms with van der Waals surface area (Å²) < 4.78 is 1.95. The van der Waals surface area contributed by atoms with E-state index < -0.39 is 4.92 Å². The van der Waals surface area contributed by atoms with Gasteiger partial charge in [0.1, 0.15) is 0 Å². The Morgan fingerprint density at radius 2 is 1.77 bits per heavy atom. The molecule has 4 rings (SSSR count). The predicted molar refractivity (Wildman–Crippen MR) is 137 cm³/mol. The number of hydrogen-bond donors (Lipinski definition) is 1. The second kappa shape index (κ2) is 12.5. The standard InChI is InChI=1S/C25H30N6O3S/c32-23(26-15-18-29-16-5-2-6-17-29)10-7-19-35-25-28-27-24(30(25)21-8-3-1-4-9-21)20-11-13-22(14-12-20)31(33)34/h1,3-4,8-9,11-14H,2,5-7,10,15-19H2,(H,26,32). The summed E-state index contributed by atoms with van der Waals surface area (Å²) in [6.07, 6.45) is 5.03. The number of para-hydroxylation sites is 1. The van der Waals surface area contributed by atoms with Crippen LogP contribution in [0.15, 0.2) is 59.8 Å². The lowest BCUT2D eigenvalue weighted by molar-refractivity contribution is -0.384. The molecule has 184 valence electrons. The zero-order chi connectivity index (χ0) is 24.5. The molecule has 0 spiro atoms. The van der Waals surface area contributed by atoms with Crippen molar-refractivity contribution < 1.29 is 9.72 Å². The van der Waals surface area contributed by atoms with Crippen molar-refractivity contribution >= 4 is 23.4 Å². The molecule has 0 aliphatic carbocycles. The van der Waals surface area contributed by atoms with Gasteiger partial charge in [-0.2, -0.15) is 0 Å². The fourth-order valence-corrected chi connectivity index (χ4v) is 5.00. The van der Waals surface area contributed by atoms with Gasteiger partial charge in [0.15, 0.2) is 11.0 Å². The maximum Gasteiger partial charge on any atom is 0.269 e. The highest BCUT2D eigenvalue weighted by Gasteiger charge is 2.17. The van der Waals surface area contributed by atoms with Crippen LogP contribution in [0.4, 0.5) is 5.69 Å². The number of non-ortho nitro benzene ring substituents is 1. The molecule has 1 aromatic heterocycles. The first kappa shape index (κ1) is 24.9. The Morgan fingerprint density at radius 1 is 1.03 bits per heavy atom. The van der Waals surface area contributed by atoms with Crippen LogP contribution in [-0.4, -0.2) is 62.4 Å². The van der Waals surface area contributed by atoms with Crippen molar-refractivity contribution in [1.29, 1.82) is 0 Å². The summed E-state index contributed by atoms with van der Waals surface area (Å²) in [5, 5.41) is 23.5. The van der Waals surface area contributed by atoms with Crippen LogP contribution in [0.25, 0.3) is 17.1 Å². The summed E-state index contributed by atoms with van der Waals surface area (Å²) in [5.41, 5.74) is 1.68. The van der Waals surface area contributed by atoms with Crippen LogP contribution in [0.5, 0.6) is 0 Å². The number of nitrogens with one attached hydrogen (secondary N) is 1. The summed E-state index contributed by atoms with van der Waals surface area (Å²) in [5.74, 6) is 1.42. The van der Waals surface area contributed by atoms with Gasteiger partial charge in [0.25, 0.3) is 5.69 Å². The zero-order valence-corrected chi connectivity index (χ0v) is 20.5. The number of nitro groups is 1. The number of nitrogens with zero attached hydrogens (tertiary/aromatic N) is 5. The molecule has 1 aliphatic heterocycles. The molecule has 2 heterocycles. The van der Waals surface area contributed by atoms with Crippen molar-refractivity contribution in [2.75, 3.05) is 31.9 Å². The third-order valence-corrected chi connectivity index (χ3v) is 6.98. The molecule has 0 atom stereocenters. The van der Waals surface area contributed by atoms with E-state index in [0.29, 0.717) is 18.8 Å². The van der Waals surface area contributed by atoms with Crippen LogP contribution in [0.3, 0.4) is 0 Å². The lowest BCUT2D eigenvalue weighted by Crippen LogP contribution is -2.37. The summed E-state index contributed by atoms with van der Waals surface area (Å²) >= 11 is 1.55. The molecule has 0 unspecified atom stereocenters. The second-order valence-corrected chi connectivity index (χ2v) is 9.55. The van der Waals surface area contributed by atoms with Gasteiger partial charge in [-0.3, -0.25) is 19.5 Å². The number of hydrogen-bond acceptors (Lipinski definition) is 7. The van der Waals surface area contributed by atoms with Crippen molar-refractivity contribution in [3.05, 3.63) is 64.7 Å². The van der Waals surface area contributed by atoms with E-state index in [1.54, 1.807) is 23.9 Å². The molecule has 0 bridgehead atoms. The smallest absolute Gasteiger partial charge is 0.269 e. The number of piperidine rings is 1. The van der Waals surface area contributed by atoms with Crippen LogP contribution < -0.4 is 5.32 Å². The number of amides is 1.